The van der Waals surface area contributed by atoms with E-state index in [1.54, 1.807) is 0 Å². The number of anilines is 3. The molecule has 46 heavy (non-hydrogen) atoms. The first kappa shape index (κ1) is 30.9. The molecule has 0 amide bonds. The van der Waals surface area contributed by atoms with Gasteiger partial charge in [-0.2, -0.15) is 0 Å². The summed E-state index contributed by atoms with van der Waals surface area (Å²) in [5.41, 5.74) is 21.8. The summed E-state index contributed by atoms with van der Waals surface area (Å²) in [7, 11) is 0. The van der Waals surface area contributed by atoms with Gasteiger partial charge in [-0.1, -0.05) is 36.4 Å². The zero-order chi connectivity index (χ0) is 32.7. The lowest BCUT2D eigenvalue weighted by Gasteiger charge is -2.36. The molecule has 3 aromatic heterocycles. The Kier molecular flexibility index (Phi) is 8.31. The highest BCUT2D eigenvalue weighted by Crippen LogP contribution is 2.50. The first-order valence-electron chi connectivity index (χ1n) is 15.9. The van der Waals surface area contributed by atoms with Crippen molar-refractivity contribution >= 4 is 17.1 Å². The van der Waals surface area contributed by atoms with Crippen LogP contribution in [0.15, 0.2) is 91.8 Å². The van der Waals surface area contributed by atoms with Gasteiger partial charge in [-0.25, -0.2) is 0 Å². The van der Waals surface area contributed by atoms with E-state index < -0.39 is 0 Å². The van der Waals surface area contributed by atoms with Crippen LogP contribution in [-0.2, 0) is 0 Å². The summed E-state index contributed by atoms with van der Waals surface area (Å²) in [5.74, 6) is 0. The van der Waals surface area contributed by atoms with E-state index >= 15 is 0 Å². The van der Waals surface area contributed by atoms with Crippen LogP contribution >= 0.6 is 0 Å². The number of aryl methyl sites for hydroxylation is 6. The summed E-state index contributed by atoms with van der Waals surface area (Å²) in [4.78, 5) is 16.0. The van der Waals surface area contributed by atoms with Gasteiger partial charge in [0, 0.05) is 53.9 Å². The number of hydrogen-bond acceptors (Lipinski definition) is 4. The Morgan fingerprint density at radius 2 is 0.674 bits per heavy atom. The van der Waals surface area contributed by atoms with E-state index in [2.05, 4.69) is 119 Å². The minimum atomic E-state index is 1.13. The van der Waals surface area contributed by atoms with Gasteiger partial charge in [0.05, 0.1) is 17.1 Å². The van der Waals surface area contributed by atoms with Crippen LogP contribution in [0.3, 0.4) is 0 Å². The van der Waals surface area contributed by atoms with Crippen molar-refractivity contribution in [2.24, 2.45) is 0 Å². The molecule has 0 aliphatic heterocycles. The molecule has 0 radical (unpaired) electrons. The zero-order valence-electron chi connectivity index (χ0n) is 28.4. The Labute approximate surface area is 273 Å². The summed E-state index contributed by atoms with van der Waals surface area (Å²) in [5, 5.41) is 0. The summed E-state index contributed by atoms with van der Waals surface area (Å²) in [6.07, 6.45) is 11.5. The number of aromatic nitrogens is 3. The van der Waals surface area contributed by atoms with Crippen molar-refractivity contribution in [2.75, 3.05) is 4.90 Å². The predicted molar refractivity (Wildman–Crippen MR) is 193 cm³/mol. The number of pyridine rings is 3. The van der Waals surface area contributed by atoms with Crippen molar-refractivity contribution in [1.82, 2.24) is 15.0 Å². The van der Waals surface area contributed by atoms with Crippen LogP contribution in [0, 0.1) is 62.3 Å². The highest BCUT2D eigenvalue weighted by atomic mass is 15.2. The van der Waals surface area contributed by atoms with Gasteiger partial charge in [0.2, 0.25) is 0 Å². The summed E-state index contributed by atoms with van der Waals surface area (Å²) < 4.78 is 0. The first-order chi connectivity index (χ1) is 22.1. The van der Waals surface area contributed by atoms with Gasteiger partial charge < -0.3 is 4.90 Å². The number of hydrogen-bond donors (Lipinski definition) is 0. The summed E-state index contributed by atoms with van der Waals surface area (Å²) in [6.45, 7) is 20.2. The maximum Gasteiger partial charge on any atom is 0.0526 e. The van der Waals surface area contributed by atoms with Crippen molar-refractivity contribution in [3.63, 3.8) is 0 Å². The van der Waals surface area contributed by atoms with E-state index in [4.69, 9.17) is 0 Å². The molecule has 0 fully saturated rings. The van der Waals surface area contributed by atoms with Crippen molar-refractivity contribution in [3.8, 4) is 33.4 Å². The molecule has 6 rings (SSSR count). The molecule has 0 saturated carbocycles. The molecule has 3 aromatic carbocycles. The van der Waals surface area contributed by atoms with E-state index in [0.29, 0.717) is 0 Å². The normalized spacial score (nSPS) is 11.2. The second-order valence-electron chi connectivity index (χ2n) is 12.6. The fraction of sp³-hybridized carbons (Fsp3) is 0.214. The van der Waals surface area contributed by atoms with Crippen LogP contribution in [0.1, 0.15) is 50.1 Å². The molecule has 0 spiro atoms. The van der Waals surface area contributed by atoms with Crippen molar-refractivity contribution in [2.45, 2.75) is 62.3 Å². The molecule has 0 aliphatic rings. The fourth-order valence-corrected chi connectivity index (χ4v) is 7.76. The molecule has 6 aromatic rings. The van der Waals surface area contributed by atoms with Crippen LogP contribution in [0.5, 0.6) is 0 Å². The van der Waals surface area contributed by atoms with Gasteiger partial charge in [-0.15, -0.1) is 0 Å². The topological polar surface area (TPSA) is 41.9 Å². The monoisotopic (exact) mass is 602 g/mol. The Morgan fingerprint density at radius 1 is 0.391 bits per heavy atom. The van der Waals surface area contributed by atoms with Crippen molar-refractivity contribution in [1.29, 1.82) is 0 Å². The average Bonchev–Trinajstić information content (AvgIpc) is 3.02. The molecule has 0 N–H and O–H groups in total. The maximum absolute atomic E-state index is 4.50. The van der Waals surface area contributed by atoms with E-state index in [0.717, 1.165) is 16.7 Å². The van der Waals surface area contributed by atoms with Crippen LogP contribution < -0.4 is 4.90 Å². The fourth-order valence-electron chi connectivity index (χ4n) is 7.76. The molecule has 0 bridgehead atoms. The van der Waals surface area contributed by atoms with Gasteiger partial charge in [0.25, 0.3) is 0 Å². The summed E-state index contributed by atoms with van der Waals surface area (Å²) in [6, 6.07) is 19.6. The van der Waals surface area contributed by atoms with E-state index in [1.165, 1.54) is 83.8 Å². The molecule has 0 unspecified atom stereocenters. The third-order valence-corrected chi connectivity index (χ3v) is 9.31. The SMILES string of the molecule is Cc1cc(C)c(N(c2c(C)cc(C)c(-c3cccnc3)c2C)c2c(C)cc(C)c(-c3cccnc3)c2C)c(C)c1-c1cccnc1. The Balaban J connectivity index is 1.77. The lowest BCUT2D eigenvalue weighted by Crippen LogP contribution is -2.19. The number of benzene rings is 3. The van der Waals surface area contributed by atoms with Gasteiger partial charge in [-0.3, -0.25) is 15.0 Å². The Hall–Kier alpha value is -5.09. The molecule has 4 heteroatoms. The highest BCUT2D eigenvalue weighted by molar-refractivity contribution is 5.94. The molecule has 0 aliphatic carbocycles. The maximum atomic E-state index is 4.50. The summed E-state index contributed by atoms with van der Waals surface area (Å²) >= 11 is 0. The van der Waals surface area contributed by atoms with Crippen LogP contribution in [0.25, 0.3) is 33.4 Å². The van der Waals surface area contributed by atoms with Gasteiger partial charge >= 0.3 is 0 Å². The third-order valence-electron chi connectivity index (χ3n) is 9.31. The van der Waals surface area contributed by atoms with Crippen molar-refractivity contribution in [3.05, 3.63) is 142 Å². The molecule has 4 nitrogen and oxygen atoms in total. The molecule has 3 heterocycles. The molecule has 230 valence electrons. The first-order valence-corrected chi connectivity index (χ1v) is 15.9. The van der Waals surface area contributed by atoms with Gasteiger partial charge in [0.15, 0.2) is 0 Å². The standard InChI is InChI=1S/C42H42N4/c1-25-19-28(4)40(31(7)37(25)34-13-10-16-43-22-34)46(41-29(5)20-26(2)38(32(41)8)35-14-11-17-44-23-35)42-30(6)21-27(3)39(33(42)9)36-15-12-18-45-24-36/h10-24H,1-9H3. The van der Waals surface area contributed by atoms with Crippen LogP contribution in [0.2, 0.25) is 0 Å². The van der Waals surface area contributed by atoms with Gasteiger partial charge in [-0.05, 0) is 147 Å². The molecular formula is C42H42N4. The average molecular weight is 603 g/mol. The third kappa shape index (κ3) is 5.28. The molecule has 0 atom stereocenters. The quantitative estimate of drug-likeness (QED) is 0.190. The molecule has 0 saturated heterocycles. The van der Waals surface area contributed by atoms with E-state index in [-0.39, 0.29) is 0 Å². The predicted octanol–water partition coefficient (Wildman–Crippen LogP) is 11.1. The van der Waals surface area contributed by atoms with Crippen LogP contribution in [-0.4, -0.2) is 15.0 Å². The lowest BCUT2D eigenvalue weighted by molar-refractivity contribution is 1.13. The number of rotatable bonds is 6. The van der Waals surface area contributed by atoms with Crippen LogP contribution in [0.4, 0.5) is 17.1 Å². The minimum absolute atomic E-state index is 1.13. The van der Waals surface area contributed by atoms with E-state index in [1.807, 2.05) is 55.4 Å². The Morgan fingerprint density at radius 3 is 0.913 bits per heavy atom. The largest absolute Gasteiger partial charge is 0.309 e. The number of nitrogens with zero attached hydrogens (tertiary/aromatic N) is 4. The second-order valence-corrected chi connectivity index (χ2v) is 12.6. The van der Waals surface area contributed by atoms with Gasteiger partial charge in [0.1, 0.15) is 0 Å². The van der Waals surface area contributed by atoms with Crippen molar-refractivity contribution < 1.29 is 0 Å². The minimum Gasteiger partial charge on any atom is -0.309 e. The lowest BCUT2D eigenvalue weighted by atomic mass is 9.87. The molecular weight excluding hydrogens is 560 g/mol. The highest BCUT2D eigenvalue weighted by Gasteiger charge is 2.29. The van der Waals surface area contributed by atoms with E-state index in [9.17, 15) is 0 Å². The smallest absolute Gasteiger partial charge is 0.0526 e. The second kappa shape index (κ2) is 12.4. The Bertz CT molecular complexity index is 1820. The zero-order valence-corrected chi connectivity index (χ0v) is 28.4.